The fraction of sp³-hybridized carbons (Fsp3) is 0.900. The van der Waals surface area contributed by atoms with Gasteiger partial charge in [0.1, 0.15) is 18.4 Å². The molecule has 1 rings (SSSR count). The van der Waals surface area contributed by atoms with Crippen molar-refractivity contribution in [3.8, 4) is 0 Å². The zero-order valence-electron chi connectivity index (χ0n) is 9.80. The Hall–Kier alpha value is -0.690. The monoisotopic (exact) mass is 232 g/mol. The summed E-state index contributed by atoms with van der Waals surface area (Å²) in [7, 11) is 1.68. The van der Waals surface area contributed by atoms with E-state index < -0.39 is 30.6 Å². The summed E-state index contributed by atoms with van der Waals surface area (Å²) < 4.78 is 5.55. The molecular formula is C10H20N2O4. The quantitative estimate of drug-likeness (QED) is 0.479. The largest absolute Gasteiger partial charge is 0.388 e. The lowest BCUT2D eigenvalue weighted by molar-refractivity contribution is -0.192. The zero-order chi connectivity index (χ0) is 12.3. The fourth-order valence-electron chi connectivity index (χ4n) is 1.95. The zero-order valence-corrected chi connectivity index (χ0v) is 9.80. The minimum Gasteiger partial charge on any atom is -0.388 e. The SMILES string of the molecule is CCC1OC(NC)C(NC(C)=O)C(O)C1O. The van der Waals surface area contributed by atoms with Gasteiger partial charge in [0.15, 0.2) is 0 Å². The Morgan fingerprint density at radius 2 is 2.00 bits per heavy atom. The van der Waals surface area contributed by atoms with Crippen LogP contribution in [-0.4, -0.2) is 53.7 Å². The highest BCUT2D eigenvalue weighted by molar-refractivity contribution is 5.73. The van der Waals surface area contributed by atoms with Crippen LogP contribution in [-0.2, 0) is 9.53 Å². The number of carbonyl (C=O) groups excluding carboxylic acids is 1. The Morgan fingerprint density at radius 3 is 2.44 bits per heavy atom. The third-order valence-corrected chi connectivity index (χ3v) is 2.80. The van der Waals surface area contributed by atoms with Crippen molar-refractivity contribution >= 4 is 5.91 Å². The number of nitrogens with one attached hydrogen (secondary N) is 2. The highest BCUT2D eigenvalue weighted by Crippen LogP contribution is 2.21. The number of amides is 1. The molecule has 4 N–H and O–H groups in total. The van der Waals surface area contributed by atoms with Gasteiger partial charge in [-0.25, -0.2) is 0 Å². The maximum atomic E-state index is 11.0. The summed E-state index contributed by atoms with van der Waals surface area (Å²) in [6.45, 7) is 3.23. The molecule has 0 aromatic heterocycles. The van der Waals surface area contributed by atoms with Gasteiger partial charge in [0.05, 0.1) is 12.1 Å². The second-order valence-electron chi connectivity index (χ2n) is 4.00. The van der Waals surface area contributed by atoms with E-state index in [9.17, 15) is 15.0 Å². The van der Waals surface area contributed by atoms with Gasteiger partial charge in [-0.1, -0.05) is 6.92 Å². The first-order chi connectivity index (χ1) is 7.51. The molecule has 0 aliphatic carbocycles. The molecule has 1 saturated heterocycles. The van der Waals surface area contributed by atoms with Gasteiger partial charge in [0.25, 0.3) is 0 Å². The van der Waals surface area contributed by atoms with Crippen LogP contribution >= 0.6 is 0 Å². The Balaban J connectivity index is 2.77. The number of ether oxygens (including phenoxy) is 1. The van der Waals surface area contributed by atoms with Gasteiger partial charge in [-0.3, -0.25) is 10.1 Å². The van der Waals surface area contributed by atoms with E-state index in [0.717, 1.165) is 0 Å². The van der Waals surface area contributed by atoms with E-state index in [1.807, 2.05) is 6.92 Å². The number of carbonyl (C=O) groups is 1. The summed E-state index contributed by atoms with van der Waals surface area (Å²) in [5.41, 5.74) is 0. The maximum absolute atomic E-state index is 11.0. The van der Waals surface area contributed by atoms with E-state index in [0.29, 0.717) is 6.42 Å². The third kappa shape index (κ3) is 2.70. The average Bonchev–Trinajstić information content (AvgIpc) is 2.25. The smallest absolute Gasteiger partial charge is 0.217 e. The first kappa shape index (κ1) is 13.4. The van der Waals surface area contributed by atoms with Crippen LogP contribution in [0.15, 0.2) is 0 Å². The molecule has 0 aromatic carbocycles. The molecule has 1 aliphatic rings. The number of rotatable bonds is 3. The molecule has 16 heavy (non-hydrogen) atoms. The summed E-state index contributed by atoms with van der Waals surface area (Å²) in [6, 6.07) is -0.639. The third-order valence-electron chi connectivity index (χ3n) is 2.80. The minimum atomic E-state index is -1.03. The summed E-state index contributed by atoms with van der Waals surface area (Å²) in [4.78, 5) is 11.0. The summed E-state index contributed by atoms with van der Waals surface area (Å²) in [5, 5.41) is 25.1. The van der Waals surface area contributed by atoms with Gasteiger partial charge in [-0.05, 0) is 13.5 Å². The van der Waals surface area contributed by atoms with Crippen LogP contribution in [0.5, 0.6) is 0 Å². The second-order valence-corrected chi connectivity index (χ2v) is 4.00. The van der Waals surface area contributed by atoms with Crippen molar-refractivity contribution in [1.29, 1.82) is 0 Å². The first-order valence-electron chi connectivity index (χ1n) is 5.47. The van der Waals surface area contributed by atoms with Gasteiger partial charge >= 0.3 is 0 Å². The lowest BCUT2D eigenvalue weighted by atomic mass is 9.94. The van der Waals surface area contributed by atoms with Gasteiger partial charge in [0, 0.05) is 6.92 Å². The Morgan fingerprint density at radius 1 is 1.38 bits per heavy atom. The Labute approximate surface area is 95.0 Å². The molecule has 1 amide bonds. The van der Waals surface area contributed by atoms with Crippen molar-refractivity contribution < 1.29 is 19.7 Å². The Bertz CT molecular complexity index is 247. The first-order valence-corrected chi connectivity index (χ1v) is 5.47. The van der Waals surface area contributed by atoms with Crippen molar-refractivity contribution in [3.63, 3.8) is 0 Å². The van der Waals surface area contributed by atoms with E-state index in [2.05, 4.69) is 10.6 Å². The van der Waals surface area contributed by atoms with Crippen molar-refractivity contribution in [2.45, 2.75) is 50.8 Å². The Kier molecular flexibility index (Phi) is 4.67. The van der Waals surface area contributed by atoms with Gasteiger partial charge in [-0.2, -0.15) is 0 Å². The molecule has 0 bridgehead atoms. The molecular weight excluding hydrogens is 212 g/mol. The van der Waals surface area contributed by atoms with E-state index in [1.54, 1.807) is 7.05 Å². The minimum absolute atomic E-state index is 0.268. The lowest BCUT2D eigenvalue weighted by Crippen LogP contribution is -2.66. The predicted octanol–water partition coefficient (Wildman–Crippen LogP) is -1.43. The number of hydrogen-bond donors (Lipinski definition) is 4. The molecule has 1 fully saturated rings. The van der Waals surface area contributed by atoms with Crippen LogP contribution in [0.3, 0.4) is 0 Å². The number of aliphatic hydroxyl groups excluding tert-OH is 2. The molecule has 1 heterocycles. The lowest BCUT2D eigenvalue weighted by Gasteiger charge is -2.42. The standard InChI is InChI=1S/C10H20N2O4/c1-4-6-8(14)9(15)7(12-5(2)13)10(11-3)16-6/h6-11,14-15H,4H2,1-3H3,(H,12,13). The average molecular weight is 232 g/mol. The summed E-state index contributed by atoms with van der Waals surface area (Å²) in [5.74, 6) is -0.268. The van der Waals surface area contributed by atoms with E-state index in [4.69, 9.17) is 4.74 Å². The molecule has 0 radical (unpaired) electrons. The molecule has 5 unspecified atom stereocenters. The number of likely N-dealkylation sites (N-methyl/N-ethyl adjacent to an activating group) is 1. The highest BCUT2D eigenvalue weighted by Gasteiger charge is 2.43. The van der Waals surface area contributed by atoms with Crippen LogP contribution in [0.2, 0.25) is 0 Å². The van der Waals surface area contributed by atoms with Gasteiger partial charge in [-0.15, -0.1) is 0 Å². The fourth-order valence-corrected chi connectivity index (χ4v) is 1.95. The van der Waals surface area contributed by atoms with Crippen LogP contribution in [0, 0.1) is 0 Å². The summed E-state index contributed by atoms with van der Waals surface area (Å²) >= 11 is 0. The van der Waals surface area contributed by atoms with Crippen molar-refractivity contribution in [2.75, 3.05) is 7.05 Å². The van der Waals surface area contributed by atoms with Crippen LogP contribution < -0.4 is 10.6 Å². The summed E-state index contributed by atoms with van der Waals surface area (Å²) in [6.07, 6.45) is -2.32. The predicted molar refractivity (Wildman–Crippen MR) is 57.6 cm³/mol. The molecule has 0 aromatic rings. The van der Waals surface area contributed by atoms with Crippen molar-refractivity contribution in [1.82, 2.24) is 10.6 Å². The van der Waals surface area contributed by atoms with Crippen LogP contribution in [0.25, 0.3) is 0 Å². The van der Waals surface area contributed by atoms with Crippen LogP contribution in [0.4, 0.5) is 0 Å². The molecule has 6 heteroatoms. The van der Waals surface area contributed by atoms with E-state index >= 15 is 0 Å². The maximum Gasteiger partial charge on any atom is 0.217 e. The van der Waals surface area contributed by atoms with E-state index in [1.165, 1.54) is 6.92 Å². The molecule has 1 aliphatic heterocycles. The number of hydrogen-bond acceptors (Lipinski definition) is 5. The molecule has 0 saturated carbocycles. The highest BCUT2D eigenvalue weighted by atomic mass is 16.5. The molecule has 94 valence electrons. The topological polar surface area (TPSA) is 90.8 Å². The van der Waals surface area contributed by atoms with E-state index in [-0.39, 0.29) is 5.91 Å². The van der Waals surface area contributed by atoms with Crippen molar-refractivity contribution in [3.05, 3.63) is 0 Å². The molecule has 5 atom stereocenters. The normalized spacial score (nSPS) is 39.4. The number of aliphatic hydroxyl groups is 2. The van der Waals surface area contributed by atoms with Crippen molar-refractivity contribution in [2.24, 2.45) is 0 Å². The molecule has 0 spiro atoms. The van der Waals surface area contributed by atoms with Gasteiger partial charge in [0.2, 0.25) is 5.91 Å². The molecule has 6 nitrogen and oxygen atoms in total. The van der Waals surface area contributed by atoms with Gasteiger partial charge < -0.3 is 20.3 Å². The second kappa shape index (κ2) is 5.58. The van der Waals surface area contributed by atoms with Crippen LogP contribution in [0.1, 0.15) is 20.3 Å².